The number of aromatic nitrogens is 4. The van der Waals surface area contributed by atoms with Crippen LogP contribution in [0.3, 0.4) is 0 Å². The second-order valence-electron chi connectivity index (χ2n) is 7.72. The van der Waals surface area contributed by atoms with Crippen molar-refractivity contribution in [2.75, 3.05) is 51.0 Å². The van der Waals surface area contributed by atoms with Gasteiger partial charge in [0.25, 0.3) is 0 Å². The molecule has 2 aromatic carbocycles. The zero-order chi connectivity index (χ0) is 21.4. The van der Waals surface area contributed by atoms with E-state index in [2.05, 4.69) is 16.8 Å². The Morgan fingerprint density at radius 1 is 0.903 bits per heavy atom. The van der Waals surface area contributed by atoms with Gasteiger partial charge >= 0.3 is 0 Å². The van der Waals surface area contributed by atoms with Gasteiger partial charge in [0, 0.05) is 31.7 Å². The number of nitrogen functional groups attached to an aromatic ring is 1. The predicted molar refractivity (Wildman–Crippen MR) is 123 cm³/mol. The minimum atomic E-state index is 0.525. The van der Waals surface area contributed by atoms with E-state index in [0.717, 1.165) is 54.3 Å². The fourth-order valence-electron chi connectivity index (χ4n) is 3.87. The Hall–Kier alpha value is -3.65. The van der Waals surface area contributed by atoms with Gasteiger partial charge in [0.05, 0.1) is 23.9 Å². The monoisotopic (exact) mass is 415 g/mol. The van der Waals surface area contributed by atoms with Crippen molar-refractivity contribution in [2.24, 2.45) is 0 Å². The number of hydrogen-bond acceptors (Lipinski definition) is 7. The highest BCUT2D eigenvalue weighted by Crippen LogP contribution is 2.34. The highest BCUT2D eigenvalue weighted by atomic mass is 16.5. The SMILES string of the molecule is COc1ccc(-c2nc(N3CCN(C)CC3)nc3nn(-c4ccccc4)c(N)c23)cc1. The van der Waals surface area contributed by atoms with Gasteiger partial charge in [-0.1, -0.05) is 18.2 Å². The number of benzene rings is 2. The molecule has 0 aliphatic carbocycles. The number of nitrogens with zero attached hydrogens (tertiary/aromatic N) is 6. The smallest absolute Gasteiger partial charge is 0.228 e. The summed E-state index contributed by atoms with van der Waals surface area (Å²) in [5.74, 6) is 2.00. The maximum absolute atomic E-state index is 6.59. The van der Waals surface area contributed by atoms with Crippen LogP contribution in [-0.4, -0.2) is 65.0 Å². The van der Waals surface area contributed by atoms with E-state index in [1.165, 1.54) is 0 Å². The molecule has 0 spiro atoms. The molecule has 1 aliphatic heterocycles. The number of para-hydroxylation sites is 1. The molecule has 4 aromatic rings. The van der Waals surface area contributed by atoms with Gasteiger partial charge in [-0.05, 0) is 43.4 Å². The standard InChI is InChI=1S/C23H25N7O/c1-28-12-14-29(15-13-28)23-25-20(16-8-10-18(31-2)11-9-16)19-21(24)30(27-22(19)26-23)17-6-4-3-5-7-17/h3-11H,12-15,24H2,1-2H3. The summed E-state index contributed by atoms with van der Waals surface area (Å²) < 4.78 is 7.06. The van der Waals surface area contributed by atoms with E-state index >= 15 is 0 Å². The molecule has 1 saturated heterocycles. The Labute approximate surface area is 180 Å². The number of nitrogens with two attached hydrogens (primary N) is 1. The molecule has 1 fully saturated rings. The Kier molecular flexibility index (Phi) is 4.91. The Bertz CT molecular complexity index is 1200. The largest absolute Gasteiger partial charge is 0.497 e. The number of methoxy groups -OCH3 is 1. The number of hydrogen-bond donors (Lipinski definition) is 1. The third-order valence-corrected chi connectivity index (χ3v) is 5.71. The van der Waals surface area contributed by atoms with Gasteiger partial charge in [-0.15, -0.1) is 5.10 Å². The molecule has 158 valence electrons. The van der Waals surface area contributed by atoms with E-state index in [4.69, 9.17) is 25.5 Å². The molecule has 0 saturated carbocycles. The molecule has 0 radical (unpaired) electrons. The van der Waals surface area contributed by atoms with E-state index in [1.54, 1.807) is 11.8 Å². The van der Waals surface area contributed by atoms with Gasteiger partial charge in [-0.3, -0.25) is 0 Å². The Morgan fingerprint density at radius 3 is 2.29 bits per heavy atom. The topological polar surface area (TPSA) is 85.3 Å². The average Bonchev–Trinajstić information content (AvgIpc) is 3.16. The molecule has 2 N–H and O–H groups in total. The van der Waals surface area contributed by atoms with Crippen LogP contribution in [-0.2, 0) is 0 Å². The lowest BCUT2D eigenvalue weighted by atomic mass is 10.1. The summed E-state index contributed by atoms with van der Waals surface area (Å²) in [4.78, 5) is 14.3. The molecule has 3 heterocycles. The molecule has 0 unspecified atom stereocenters. The summed E-state index contributed by atoms with van der Waals surface area (Å²) in [6.07, 6.45) is 0. The number of ether oxygens (including phenoxy) is 1. The first-order valence-electron chi connectivity index (χ1n) is 10.3. The van der Waals surface area contributed by atoms with Crippen LogP contribution in [0.4, 0.5) is 11.8 Å². The van der Waals surface area contributed by atoms with Gasteiger partial charge < -0.3 is 20.3 Å². The minimum Gasteiger partial charge on any atom is -0.497 e. The van der Waals surface area contributed by atoms with Crippen LogP contribution in [0.1, 0.15) is 0 Å². The first-order valence-corrected chi connectivity index (χ1v) is 10.3. The molecule has 8 heteroatoms. The number of likely N-dealkylation sites (N-methyl/N-ethyl adjacent to an activating group) is 1. The number of fused-ring (bicyclic) bond motifs is 1. The van der Waals surface area contributed by atoms with E-state index in [0.29, 0.717) is 17.4 Å². The normalized spacial score (nSPS) is 14.8. The van der Waals surface area contributed by atoms with Crippen molar-refractivity contribution in [3.05, 3.63) is 54.6 Å². The summed E-state index contributed by atoms with van der Waals surface area (Å²) in [6.45, 7) is 3.69. The molecule has 8 nitrogen and oxygen atoms in total. The van der Waals surface area contributed by atoms with Crippen LogP contribution in [0.2, 0.25) is 0 Å². The van der Waals surface area contributed by atoms with Crippen molar-refractivity contribution in [1.29, 1.82) is 0 Å². The van der Waals surface area contributed by atoms with Crippen LogP contribution < -0.4 is 15.4 Å². The third-order valence-electron chi connectivity index (χ3n) is 5.71. The molecule has 31 heavy (non-hydrogen) atoms. The molecule has 5 rings (SSSR count). The zero-order valence-electron chi connectivity index (χ0n) is 17.7. The lowest BCUT2D eigenvalue weighted by Gasteiger charge is -2.32. The molecule has 1 aliphatic rings. The predicted octanol–water partition coefficient (Wildman–Crippen LogP) is 2.83. The maximum Gasteiger partial charge on any atom is 0.228 e. The lowest BCUT2D eigenvalue weighted by molar-refractivity contribution is 0.311. The van der Waals surface area contributed by atoms with Crippen LogP contribution >= 0.6 is 0 Å². The van der Waals surface area contributed by atoms with Gasteiger partial charge in [-0.2, -0.15) is 4.98 Å². The quantitative estimate of drug-likeness (QED) is 0.549. The Balaban J connectivity index is 1.70. The number of rotatable bonds is 4. The van der Waals surface area contributed by atoms with Crippen LogP contribution in [0.5, 0.6) is 5.75 Å². The van der Waals surface area contributed by atoms with Crippen molar-refractivity contribution in [3.8, 4) is 22.7 Å². The minimum absolute atomic E-state index is 0.525. The summed E-state index contributed by atoms with van der Waals surface area (Å²) in [7, 11) is 3.79. The Morgan fingerprint density at radius 2 is 1.61 bits per heavy atom. The zero-order valence-corrected chi connectivity index (χ0v) is 17.7. The van der Waals surface area contributed by atoms with Crippen molar-refractivity contribution in [2.45, 2.75) is 0 Å². The van der Waals surface area contributed by atoms with Gasteiger partial charge in [0.15, 0.2) is 5.65 Å². The fraction of sp³-hybridized carbons (Fsp3) is 0.261. The molecule has 2 aromatic heterocycles. The van der Waals surface area contributed by atoms with Gasteiger partial charge in [-0.25, -0.2) is 9.67 Å². The summed E-state index contributed by atoms with van der Waals surface area (Å²) in [5.41, 5.74) is 9.80. The van der Waals surface area contributed by atoms with Crippen LogP contribution in [0.25, 0.3) is 28.0 Å². The van der Waals surface area contributed by atoms with Crippen molar-refractivity contribution >= 4 is 22.8 Å². The van der Waals surface area contributed by atoms with Crippen molar-refractivity contribution in [3.63, 3.8) is 0 Å². The number of anilines is 2. The van der Waals surface area contributed by atoms with E-state index in [1.807, 2.05) is 54.6 Å². The van der Waals surface area contributed by atoms with Crippen molar-refractivity contribution < 1.29 is 4.74 Å². The van der Waals surface area contributed by atoms with E-state index in [9.17, 15) is 0 Å². The summed E-state index contributed by atoms with van der Waals surface area (Å²) in [5, 5.41) is 5.51. The second-order valence-corrected chi connectivity index (χ2v) is 7.72. The van der Waals surface area contributed by atoms with Crippen LogP contribution in [0, 0.1) is 0 Å². The summed E-state index contributed by atoms with van der Waals surface area (Å²) in [6, 6.07) is 17.7. The van der Waals surface area contributed by atoms with E-state index in [-0.39, 0.29) is 0 Å². The first-order chi connectivity index (χ1) is 15.1. The van der Waals surface area contributed by atoms with Gasteiger partial charge in [0.2, 0.25) is 5.95 Å². The number of piperazine rings is 1. The molecular formula is C23H25N7O. The van der Waals surface area contributed by atoms with Gasteiger partial charge in [0.1, 0.15) is 11.6 Å². The van der Waals surface area contributed by atoms with Crippen LogP contribution in [0.15, 0.2) is 54.6 Å². The first kappa shape index (κ1) is 19.3. The fourth-order valence-corrected chi connectivity index (χ4v) is 3.87. The second kappa shape index (κ2) is 7.88. The van der Waals surface area contributed by atoms with Crippen molar-refractivity contribution in [1.82, 2.24) is 24.6 Å². The average molecular weight is 416 g/mol. The third kappa shape index (κ3) is 3.55. The molecule has 0 bridgehead atoms. The van der Waals surface area contributed by atoms with E-state index < -0.39 is 0 Å². The highest BCUT2D eigenvalue weighted by molar-refractivity contribution is 5.99. The molecule has 0 atom stereocenters. The maximum atomic E-state index is 6.59. The highest BCUT2D eigenvalue weighted by Gasteiger charge is 2.23. The lowest BCUT2D eigenvalue weighted by Crippen LogP contribution is -2.45. The molecular weight excluding hydrogens is 390 g/mol. The summed E-state index contributed by atoms with van der Waals surface area (Å²) >= 11 is 0. The molecule has 0 amide bonds.